The van der Waals surface area contributed by atoms with E-state index in [-0.39, 0.29) is 27.3 Å². The summed E-state index contributed by atoms with van der Waals surface area (Å²) in [6, 6.07) is 9.53. The van der Waals surface area contributed by atoms with Gasteiger partial charge in [0.1, 0.15) is 17.2 Å². The van der Waals surface area contributed by atoms with Gasteiger partial charge in [0, 0.05) is 17.4 Å². The van der Waals surface area contributed by atoms with E-state index >= 15 is 0 Å². The Hall–Kier alpha value is -2.92. The van der Waals surface area contributed by atoms with Crippen LogP contribution in [0.2, 0.25) is 0 Å². The molecule has 0 amide bonds. The van der Waals surface area contributed by atoms with Crippen LogP contribution in [0.1, 0.15) is 26.3 Å². The minimum absolute atomic E-state index is 0.0563. The van der Waals surface area contributed by atoms with Gasteiger partial charge in [-0.1, -0.05) is 0 Å². The van der Waals surface area contributed by atoms with E-state index in [1.54, 1.807) is 20.8 Å². The maximum atomic E-state index is 14.5. The Kier molecular flexibility index (Phi) is 6.10. The first kappa shape index (κ1) is 21.4. The van der Waals surface area contributed by atoms with Crippen molar-refractivity contribution in [2.24, 2.45) is 0 Å². The molecule has 0 saturated heterocycles. The number of hydrogen-bond acceptors (Lipinski definition) is 6. The van der Waals surface area contributed by atoms with Gasteiger partial charge < -0.3 is 9.47 Å². The molecule has 0 aromatic heterocycles. The molecule has 148 valence electrons. The van der Waals surface area contributed by atoms with Gasteiger partial charge >= 0.3 is 5.97 Å². The van der Waals surface area contributed by atoms with Crippen LogP contribution < -0.4 is 4.74 Å². The second kappa shape index (κ2) is 7.98. The van der Waals surface area contributed by atoms with Crippen molar-refractivity contribution in [1.82, 2.24) is 0 Å². The molecule has 2 aromatic rings. The van der Waals surface area contributed by atoms with Gasteiger partial charge in [-0.25, -0.2) is 17.6 Å². The highest BCUT2D eigenvalue weighted by atomic mass is 32.2. The fourth-order valence-corrected chi connectivity index (χ4v) is 3.03. The molecule has 0 bridgehead atoms. The highest BCUT2D eigenvalue weighted by molar-refractivity contribution is 7.90. The van der Waals surface area contributed by atoms with Crippen molar-refractivity contribution in [3.05, 3.63) is 47.8 Å². The first-order valence-corrected chi connectivity index (χ1v) is 10.2. The monoisotopic (exact) mass is 405 g/mol. The molecule has 2 rings (SSSR count). The number of ether oxygens (including phenoxy) is 2. The van der Waals surface area contributed by atoms with Crippen molar-refractivity contribution in [2.45, 2.75) is 31.3 Å². The van der Waals surface area contributed by atoms with Crippen LogP contribution in [0, 0.1) is 17.1 Å². The van der Waals surface area contributed by atoms with Crippen LogP contribution in [0.15, 0.2) is 41.3 Å². The molecular weight excluding hydrogens is 385 g/mol. The lowest BCUT2D eigenvalue weighted by atomic mass is 10.0. The number of halogens is 1. The Morgan fingerprint density at radius 3 is 2.39 bits per heavy atom. The molecule has 0 aliphatic heterocycles. The molecule has 0 unspecified atom stereocenters. The highest BCUT2D eigenvalue weighted by Gasteiger charge is 2.19. The molecule has 0 radical (unpaired) electrons. The summed E-state index contributed by atoms with van der Waals surface area (Å²) in [5.74, 6) is -1.19. The average molecular weight is 405 g/mol. The lowest BCUT2D eigenvalue weighted by molar-refractivity contribution is -0.157. The maximum Gasteiger partial charge on any atom is 0.344 e. The Balaban J connectivity index is 2.47. The van der Waals surface area contributed by atoms with Crippen LogP contribution in [-0.2, 0) is 19.4 Å². The molecule has 0 atom stereocenters. The number of carbonyl (C=O) groups is 1. The molecular formula is C20H20FNO5S. The van der Waals surface area contributed by atoms with Gasteiger partial charge in [0.2, 0.25) is 0 Å². The summed E-state index contributed by atoms with van der Waals surface area (Å²) in [6.07, 6.45) is 1.01. The van der Waals surface area contributed by atoms with E-state index in [0.717, 1.165) is 18.4 Å². The Morgan fingerprint density at radius 2 is 1.82 bits per heavy atom. The van der Waals surface area contributed by atoms with E-state index in [9.17, 15) is 17.6 Å². The number of sulfone groups is 1. The minimum atomic E-state index is -3.57. The zero-order chi connectivity index (χ0) is 21.1. The number of nitrogens with zero attached hydrogens (tertiary/aromatic N) is 1. The molecule has 0 fully saturated rings. The molecule has 2 aromatic carbocycles. The largest absolute Gasteiger partial charge is 0.481 e. The van der Waals surface area contributed by atoms with Crippen LogP contribution in [0.4, 0.5) is 4.39 Å². The molecule has 0 N–H and O–H groups in total. The third kappa shape index (κ3) is 5.54. The SMILES string of the molecule is CC(C)(C)OC(=O)COc1ccc(C#N)cc1-c1cc(S(C)(=O)=O)ccc1F. The molecule has 0 saturated carbocycles. The molecule has 28 heavy (non-hydrogen) atoms. The van der Waals surface area contributed by atoms with E-state index in [2.05, 4.69) is 0 Å². The van der Waals surface area contributed by atoms with Gasteiger partial charge in [-0.15, -0.1) is 0 Å². The lowest BCUT2D eigenvalue weighted by Gasteiger charge is -2.20. The summed E-state index contributed by atoms with van der Waals surface area (Å²) < 4.78 is 48.7. The van der Waals surface area contributed by atoms with Crippen LogP contribution in [-0.4, -0.2) is 32.9 Å². The standard InChI is InChI=1S/C20H20FNO5S/c1-20(2,3)27-19(23)12-26-18-8-5-13(11-22)9-16(18)15-10-14(28(4,24)25)6-7-17(15)21/h5-10H,12H2,1-4H3. The van der Waals surface area contributed by atoms with E-state index in [0.29, 0.717) is 0 Å². The van der Waals surface area contributed by atoms with Crippen molar-refractivity contribution < 1.29 is 27.1 Å². The topological polar surface area (TPSA) is 93.5 Å². The normalized spacial score (nSPS) is 11.6. The van der Waals surface area contributed by atoms with Crippen molar-refractivity contribution >= 4 is 15.8 Å². The second-order valence-corrected chi connectivity index (χ2v) is 9.13. The summed E-state index contributed by atoms with van der Waals surface area (Å²) in [6.45, 7) is 4.71. The number of esters is 1. The fraction of sp³-hybridized carbons (Fsp3) is 0.300. The van der Waals surface area contributed by atoms with Crippen molar-refractivity contribution in [2.75, 3.05) is 12.9 Å². The summed E-state index contributed by atoms with van der Waals surface area (Å²) >= 11 is 0. The van der Waals surface area contributed by atoms with Crippen molar-refractivity contribution in [3.8, 4) is 22.9 Å². The summed E-state index contributed by atoms with van der Waals surface area (Å²) in [4.78, 5) is 11.8. The minimum Gasteiger partial charge on any atom is -0.481 e. The fourth-order valence-electron chi connectivity index (χ4n) is 2.38. The van der Waals surface area contributed by atoms with Gasteiger partial charge in [0.15, 0.2) is 16.4 Å². The Labute approximate surface area is 163 Å². The second-order valence-electron chi connectivity index (χ2n) is 7.11. The number of nitriles is 1. The molecule has 0 heterocycles. The predicted octanol–water partition coefficient (Wildman–Crippen LogP) is 3.49. The third-order valence-corrected chi connectivity index (χ3v) is 4.64. The predicted molar refractivity (Wildman–Crippen MR) is 101 cm³/mol. The van der Waals surface area contributed by atoms with Crippen LogP contribution >= 0.6 is 0 Å². The zero-order valence-electron chi connectivity index (χ0n) is 15.9. The number of benzene rings is 2. The van der Waals surface area contributed by atoms with Crippen molar-refractivity contribution in [1.29, 1.82) is 5.26 Å². The zero-order valence-corrected chi connectivity index (χ0v) is 16.8. The molecule has 0 spiro atoms. The lowest BCUT2D eigenvalue weighted by Crippen LogP contribution is -2.27. The third-order valence-electron chi connectivity index (χ3n) is 3.53. The highest BCUT2D eigenvalue weighted by Crippen LogP contribution is 2.34. The van der Waals surface area contributed by atoms with Gasteiger partial charge in [0.25, 0.3) is 0 Å². The van der Waals surface area contributed by atoms with Crippen molar-refractivity contribution in [3.63, 3.8) is 0 Å². The first-order valence-electron chi connectivity index (χ1n) is 8.29. The molecule has 0 aliphatic carbocycles. The summed E-state index contributed by atoms with van der Waals surface area (Å²) in [5, 5.41) is 9.14. The molecule has 6 nitrogen and oxygen atoms in total. The maximum absolute atomic E-state index is 14.5. The van der Waals surface area contributed by atoms with Crippen LogP contribution in [0.5, 0.6) is 5.75 Å². The average Bonchev–Trinajstić information content (AvgIpc) is 2.58. The Bertz CT molecular complexity index is 1050. The van der Waals surface area contributed by atoms with Gasteiger partial charge in [0.05, 0.1) is 16.5 Å². The first-order chi connectivity index (χ1) is 12.9. The quantitative estimate of drug-likeness (QED) is 0.558. The van der Waals surface area contributed by atoms with E-state index in [1.165, 1.54) is 24.3 Å². The van der Waals surface area contributed by atoms with E-state index in [1.807, 2.05) is 6.07 Å². The summed E-state index contributed by atoms with van der Waals surface area (Å²) in [5.41, 5.74) is -0.363. The molecule has 0 aliphatic rings. The number of carbonyl (C=O) groups excluding carboxylic acids is 1. The summed E-state index contributed by atoms with van der Waals surface area (Å²) in [7, 11) is -3.57. The van der Waals surface area contributed by atoms with Gasteiger partial charge in [-0.2, -0.15) is 5.26 Å². The van der Waals surface area contributed by atoms with Crippen LogP contribution in [0.3, 0.4) is 0 Å². The number of rotatable bonds is 5. The molecule has 8 heteroatoms. The Morgan fingerprint density at radius 1 is 1.14 bits per heavy atom. The van der Waals surface area contributed by atoms with Gasteiger partial charge in [-0.3, -0.25) is 0 Å². The number of hydrogen-bond donors (Lipinski definition) is 0. The van der Waals surface area contributed by atoms with E-state index < -0.39 is 33.8 Å². The van der Waals surface area contributed by atoms with Gasteiger partial charge in [-0.05, 0) is 57.2 Å². The smallest absolute Gasteiger partial charge is 0.344 e. The van der Waals surface area contributed by atoms with E-state index in [4.69, 9.17) is 14.7 Å². The van der Waals surface area contributed by atoms with Crippen LogP contribution in [0.25, 0.3) is 11.1 Å².